The molecule has 3 heterocycles. The normalized spacial score (nSPS) is 13.7. The lowest BCUT2D eigenvalue weighted by Gasteiger charge is -2.31. The SMILES string of the molecule is CNC1=C(C(C)=N)CN(c2cc(-c3nc4cc(C)c(CC(=O)O)c(-c5ccc(Cl)cc5)c4s3)ccn2)CC1. The Balaban J connectivity index is 1.59. The molecule has 3 N–H and O–H groups in total. The van der Waals surface area contributed by atoms with Gasteiger partial charge in [-0.2, -0.15) is 0 Å². The highest BCUT2D eigenvalue weighted by Gasteiger charge is 2.23. The minimum absolute atomic E-state index is 0.0712. The van der Waals surface area contributed by atoms with Crippen molar-refractivity contribution < 1.29 is 9.90 Å². The molecule has 2 aromatic carbocycles. The van der Waals surface area contributed by atoms with E-state index in [-0.39, 0.29) is 6.42 Å². The van der Waals surface area contributed by atoms with Gasteiger partial charge in [-0.15, -0.1) is 11.3 Å². The highest BCUT2D eigenvalue weighted by Crippen LogP contribution is 2.41. The summed E-state index contributed by atoms with van der Waals surface area (Å²) in [6.45, 7) is 5.19. The number of carbonyl (C=O) groups is 1. The van der Waals surface area contributed by atoms with Crippen LogP contribution in [0.3, 0.4) is 0 Å². The number of aryl methyl sites for hydroxylation is 1. The number of hydrogen-bond acceptors (Lipinski definition) is 7. The molecule has 0 fully saturated rings. The van der Waals surface area contributed by atoms with E-state index in [1.54, 1.807) is 17.5 Å². The number of carboxylic acid groups (broad SMARTS) is 1. The third-order valence-electron chi connectivity index (χ3n) is 6.89. The van der Waals surface area contributed by atoms with Crippen LogP contribution in [0.4, 0.5) is 5.82 Å². The second-order valence-corrected chi connectivity index (χ2v) is 10.8. The van der Waals surface area contributed by atoms with Gasteiger partial charge >= 0.3 is 5.97 Å². The van der Waals surface area contributed by atoms with Crippen LogP contribution in [0, 0.1) is 12.3 Å². The fourth-order valence-electron chi connectivity index (χ4n) is 4.96. The quantitative estimate of drug-likeness (QED) is 0.234. The lowest BCUT2D eigenvalue weighted by Crippen LogP contribution is -2.36. The topological polar surface area (TPSA) is 102 Å². The molecule has 2 aromatic heterocycles. The number of nitrogens with zero attached hydrogens (tertiary/aromatic N) is 3. The number of carboxylic acids is 1. The molecule has 0 unspecified atom stereocenters. The fourth-order valence-corrected chi connectivity index (χ4v) is 6.22. The molecule has 0 spiro atoms. The predicted molar refractivity (Wildman–Crippen MR) is 156 cm³/mol. The van der Waals surface area contributed by atoms with Gasteiger partial charge in [0.25, 0.3) is 0 Å². The summed E-state index contributed by atoms with van der Waals surface area (Å²) in [6.07, 6.45) is 2.55. The van der Waals surface area contributed by atoms with E-state index in [1.165, 1.54) is 0 Å². The van der Waals surface area contributed by atoms with Crippen LogP contribution in [0.15, 0.2) is 59.9 Å². The van der Waals surface area contributed by atoms with Gasteiger partial charge in [0.1, 0.15) is 10.8 Å². The van der Waals surface area contributed by atoms with Gasteiger partial charge < -0.3 is 20.7 Å². The molecule has 0 atom stereocenters. The second-order valence-electron chi connectivity index (χ2n) is 9.40. The number of benzene rings is 2. The molecule has 38 heavy (non-hydrogen) atoms. The molecule has 194 valence electrons. The van der Waals surface area contributed by atoms with Gasteiger partial charge in [0, 0.05) is 65.9 Å². The minimum atomic E-state index is -0.872. The molecule has 7 nitrogen and oxygen atoms in total. The van der Waals surface area contributed by atoms with Gasteiger partial charge in [0.05, 0.1) is 16.6 Å². The van der Waals surface area contributed by atoms with Crippen molar-refractivity contribution in [2.75, 3.05) is 25.0 Å². The van der Waals surface area contributed by atoms with E-state index < -0.39 is 5.97 Å². The lowest BCUT2D eigenvalue weighted by atomic mass is 9.93. The molecule has 0 aliphatic carbocycles. The van der Waals surface area contributed by atoms with E-state index in [2.05, 4.69) is 15.2 Å². The van der Waals surface area contributed by atoms with E-state index in [9.17, 15) is 9.90 Å². The van der Waals surface area contributed by atoms with Crippen molar-refractivity contribution in [2.45, 2.75) is 26.7 Å². The molecule has 1 aliphatic heterocycles. The Morgan fingerprint density at radius 2 is 1.97 bits per heavy atom. The number of aliphatic carboxylic acids is 1. The smallest absolute Gasteiger partial charge is 0.307 e. The molecule has 9 heteroatoms. The summed E-state index contributed by atoms with van der Waals surface area (Å²) in [5, 5.41) is 22.5. The molecule has 4 aromatic rings. The van der Waals surface area contributed by atoms with E-state index in [0.717, 1.165) is 73.1 Å². The molecule has 0 amide bonds. The largest absolute Gasteiger partial charge is 0.481 e. The van der Waals surface area contributed by atoms with Gasteiger partial charge in [0.2, 0.25) is 0 Å². The van der Waals surface area contributed by atoms with Crippen molar-refractivity contribution in [2.24, 2.45) is 0 Å². The van der Waals surface area contributed by atoms with Gasteiger partial charge in [0.15, 0.2) is 0 Å². The third kappa shape index (κ3) is 5.01. The average Bonchev–Trinajstić information content (AvgIpc) is 3.32. The average molecular weight is 546 g/mol. The van der Waals surface area contributed by atoms with Gasteiger partial charge in [-0.3, -0.25) is 4.79 Å². The number of rotatable bonds is 7. The Morgan fingerprint density at radius 3 is 2.66 bits per heavy atom. The first kappa shape index (κ1) is 25.9. The summed E-state index contributed by atoms with van der Waals surface area (Å²) in [5.74, 6) is -0.0287. The number of halogens is 1. The van der Waals surface area contributed by atoms with Crippen molar-refractivity contribution >= 4 is 50.7 Å². The van der Waals surface area contributed by atoms with Crippen molar-refractivity contribution in [3.05, 3.63) is 76.1 Å². The second kappa shape index (κ2) is 10.6. The number of aromatic nitrogens is 2. The summed E-state index contributed by atoms with van der Waals surface area (Å²) in [4.78, 5) is 23.5. The van der Waals surface area contributed by atoms with Crippen molar-refractivity contribution in [1.82, 2.24) is 15.3 Å². The summed E-state index contributed by atoms with van der Waals surface area (Å²) in [5.41, 5.74) is 7.94. The maximum absolute atomic E-state index is 11.7. The number of pyridine rings is 1. The van der Waals surface area contributed by atoms with Crippen LogP contribution >= 0.6 is 22.9 Å². The zero-order chi connectivity index (χ0) is 27.0. The van der Waals surface area contributed by atoms with Crippen LogP contribution in [0.5, 0.6) is 0 Å². The van der Waals surface area contributed by atoms with Gasteiger partial charge in [-0.05, 0) is 60.9 Å². The Labute approximate surface area is 230 Å². The van der Waals surface area contributed by atoms with Crippen molar-refractivity contribution in [1.29, 1.82) is 5.41 Å². The summed E-state index contributed by atoms with van der Waals surface area (Å²) < 4.78 is 0.948. The first-order valence-electron chi connectivity index (χ1n) is 12.3. The molecule has 0 saturated heterocycles. The van der Waals surface area contributed by atoms with E-state index >= 15 is 0 Å². The number of hydrogen-bond donors (Lipinski definition) is 3. The summed E-state index contributed by atoms with van der Waals surface area (Å²) in [6, 6.07) is 13.5. The Bertz CT molecular complexity index is 1590. The Kier molecular flexibility index (Phi) is 7.19. The Hall–Kier alpha value is -3.75. The van der Waals surface area contributed by atoms with Crippen LogP contribution in [0.25, 0.3) is 31.9 Å². The minimum Gasteiger partial charge on any atom is -0.481 e. The number of anilines is 1. The maximum atomic E-state index is 11.7. The standard InChI is InChI=1S/C29H28ClN5O2S/c1-16-12-24-28(27(21(16)14-26(36)37)18-4-6-20(30)7-5-18)38-29(34-24)19-8-10-33-25(13-19)35-11-9-23(32-3)22(15-35)17(2)31/h4-8,10,12-13,31-32H,9,11,14-15H2,1-3H3,(H,36,37). The summed E-state index contributed by atoms with van der Waals surface area (Å²) >= 11 is 7.70. The number of thiazole rings is 1. The number of fused-ring (bicyclic) bond motifs is 1. The van der Waals surface area contributed by atoms with Gasteiger partial charge in [-0.1, -0.05) is 23.7 Å². The first-order chi connectivity index (χ1) is 18.2. The lowest BCUT2D eigenvalue weighted by molar-refractivity contribution is -0.136. The number of nitrogens with one attached hydrogen (secondary N) is 2. The summed E-state index contributed by atoms with van der Waals surface area (Å²) in [7, 11) is 1.90. The van der Waals surface area contributed by atoms with Crippen LogP contribution < -0.4 is 10.2 Å². The molecule has 0 radical (unpaired) electrons. The highest BCUT2D eigenvalue weighted by atomic mass is 35.5. The molecule has 0 saturated carbocycles. The van der Waals surface area contributed by atoms with Crippen LogP contribution in [-0.2, 0) is 11.2 Å². The van der Waals surface area contributed by atoms with Gasteiger partial charge in [-0.25, -0.2) is 9.97 Å². The van der Waals surface area contributed by atoms with Crippen LogP contribution in [-0.4, -0.2) is 46.9 Å². The highest BCUT2D eigenvalue weighted by molar-refractivity contribution is 7.22. The molecule has 5 rings (SSSR count). The van der Waals surface area contributed by atoms with Crippen LogP contribution in [0.2, 0.25) is 5.02 Å². The third-order valence-corrected chi connectivity index (χ3v) is 8.28. The zero-order valence-electron chi connectivity index (χ0n) is 21.4. The molecular formula is C29H28ClN5O2S. The predicted octanol–water partition coefficient (Wildman–Crippen LogP) is 6.34. The zero-order valence-corrected chi connectivity index (χ0v) is 23.0. The Morgan fingerprint density at radius 1 is 1.21 bits per heavy atom. The monoisotopic (exact) mass is 545 g/mol. The molecular weight excluding hydrogens is 518 g/mol. The first-order valence-corrected chi connectivity index (χ1v) is 13.5. The van der Waals surface area contributed by atoms with Crippen molar-refractivity contribution in [3.8, 4) is 21.7 Å². The van der Waals surface area contributed by atoms with Crippen molar-refractivity contribution in [3.63, 3.8) is 0 Å². The maximum Gasteiger partial charge on any atom is 0.307 e. The van der Waals surface area contributed by atoms with Crippen LogP contribution in [0.1, 0.15) is 24.5 Å². The van der Waals surface area contributed by atoms with E-state index in [0.29, 0.717) is 17.3 Å². The van der Waals surface area contributed by atoms with E-state index in [1.807, 2.05) is 63.4 Å². The van der Waals surface area contributed by atoms with E-state index in [4.69, 9.17) is 22.0 Å². The molecule has 0 bridgehead atoms. The molecule has 1 aliphatic rings. The fraction of sp³-hybridized carbons (Fsp3) is 0.241.